The van der Waals surface area contributed by atoms with Crippen molar-refractivity contribution in [3.8, 4) is 5.75 Å². The summed E-state index contributed by atoms with van der Waals surface area (Å²) in [6.45, 7) is 5.86. The fraction of sp³-hybridized carbons (Fsp3) is 0.357. The summed E-state index contributed by atoms with van der Waals surface area (Å²) < 4.78 is 10.8. The van der Waals surface area contributed by atoms with Crippen LogP contribution in [-0.2, 0) is 6.61 Å². The molecule has 0 fully saturated rings. The highest BCUT2D eigenvalue weighted by Gasteiger charge is 2.12. The number of aryl methyl sites for hydroxylation is 2. The molecule has 1 N–H and O–H groups in total. The van der Waals surface area contributed by atoms with Crippen molar-refractivity contribution in [1.29, 1.82) is 0 Å². The van der Waals surface area contributed by atoms with Crippen molar-refractivity contribution in [1.82, 2.24) is 5.16 Å². The lowest BCUT2D eigenvalue weighted by molar-refractivity contribution is 0.190. The van der Waals surface area contributed by atoms with Crippen LogP contribution in [0, 0.1) is 13.8 Å². The standard InChI is InChI=1S/C14H17NO3/c1-9-13(11(3)18-15-9)8-17-14-7-5-4-6-12(14)10(2)16/h4-7,10,16H,8H2,1-3H3. The van der Waals surface area contributed by atoms with Crippen LogP contribution in [0.2, 0.25) is 0 Å². The fourth-order valence-electron chi connectivity index (χ4n) is 1.81. The first-order chi connectivity index (χ1) is 8.59. The summed E-state index contributed by atoms with van der Waals surface area (Å²) in [6, 6.07) is 7.47. The minimum Gasteiger partial charge on any atom is -0.488 e. The van der Waals surface area contributed by atoms with Crippen molar-refractivity contribution >= 4 is 0 Å². The van der Waals surface area contributed by atoms with Crippen molar-refractivity contribution in [2.75, 3.05) is 0 Å². The molecule has 0 radical (unpaired) electrons. The van der Waals surface area contributed by atoms with Gasteiger partial charge in [-0.25, -0.2) is 0 Å². The zero-order valence-corrected chi connectivity index (χ0v) is 10.8. The molecule has 1 aromatic carbocycles. The van der Waals surface area contributed by atoms with E-state index in [0.717, 1.165) is 22.6 Å². The van der Waals surface area contributed by atoms with Gasteiger partial charge in [0, 0.05) is 5.56 Å². The molecule has 0 saturated heterocycles. The zero-order valence-electron chi connectivity index (χ0n) is 10.8. The number of aromatic nitrogens is 1. The average molecular weight is 247 g/mol. The number of para-hydroxylation sites is 1. The van der Waals surface area contributed by atoms with Gasteiger partial charge in [0.25, 0.3) is 0 Å². The van der Waals surface area contributed by atoms with E-state index in [0.29, 0.717) is 12.4 Å². The Balaban J connectivity index is 2.16. The largest absolute Gasteiger partial charge is 0.488 e. The number of aliphatic hydroxyl groups is 1. The maximum atomic E-state index is 9.66. The van der Waals surface area contributed by atoms with Gasteiger partial charge in [0.15, 0.2) is 0 Å². The van der Waals surface area contributed by atoms with E-state index in [1.807, 2.05) is 38.1 Å². The lowest BCUT2D eigenvalue weighted by Crippen LogP contribution is -2.02. The normalized spacial score (nSPS) is 12.4. The molecule has 1 heterocycles. The highest BCUT2D eigenvalue weighted by Crippen LogP contribution is 2.26. The van der Waals surface area contributed by atoms with Crippen LogP contribution in [-0.4, -0.2) is 10.3 Å². The summed E-state index contributed by atoms with van der Waals surface area (Å²) in [5.74, 6) is 1.45. The number of rotatable bonds is 4. The zero-order chi connectivity index (χ0) is 13.1. The molecule has 4 heteroatoms. The predicted octanol–water partition coefficient (Wildman–Crippen LogP) is 2.92. The highest BCUT2D eigenvalue weighted by atomic mass is 16.5. The molecule has 0 saturated carbocycles. The summed E-state index contributed by atoms with van der Waals surface area (Å²) in [7, 11) is 0. The first-order valence-electron chi connectivity index (χ1n) is 5.91. The second kappa shape index (κ2) is 5.23. The number of ether oxygens (including phenoxy) is 1. The Morgan fingerprint density at radius 2 is 2.06 bits per heavy atom. The quantitative estimate of drug-likeness (QED) is 0.902. The number of hydrogen-bond acceptors (Lipinski definition) is 4. The molecule has 0 spiro atoms. The van der Waals surface area contributed by atoms with Crippen molar-refractivity contribution in [2.24, 2.45) is 0 Å². The van der Waals surface area contributed by atoms with Crippen LogP contribution in [0.15, 0.2) is 28.8 Å². The van der Waals surface area contributed by atoms with Crippen molar-refractivity contribution in [3.63, 3.8) is 0 Å². The van der Waals surface area contributed by atoms with E-state index in [-0.39, 0.29) is 0 Å². The van der Waals surface area contributed by atoms with Crippen molar-refractivity contribution in [3.05, 3.63) is 46.8 Å². The Morgan fingerprint density at radius 1 is 1.33 bits per heavy atom. The SMILES string of the molecule is Cc1noc(C)c1COc1ccccc1C(C)O. The van der Waals surface area contributed by atoms with Gasteiger partial charge in [-0.15, -0.1) is 0 Å². The minimum atomic E-state index is -0.550. The molecule has 0 amide bonds. The predicted molar refractivity (Wildman–Crippen MR) is 67.4 cm³/mol. The van der Waals surface area contributed by atoms with E-state index in [1.54, 1.807) is 6.92 Å². The first kappa shape index (κ1) is 12.6. The van der Waals surface area contributed by atoms with Crippen molar-refractivity contribution < 1.29 is 14.4 Å². The summed E-state index contributed by atoms with van der Waals surface area (Å²) in [5.41, 5.74) is 2.57. The molecule has 0 aliphatic heterocycles. The topological polar surface area (TPSA) is 55.5 Å². The van der Waals surface area contributed by atoms with Crippen LogP contribution in [0.3, 0.4) is 0 Å². The number of nitrogens with zero attached hydrogens (tertiary/aromatic N) is 1. The lowest BCUT2D eigenvalue weighted by Gasteiger charge is -2.12. The fourth-order valence-corrected chi connectivity index (χ4v) is 1.81. The van der Waals surface area contributed by atoms with E-state index < -0.39 is 6.10 Å². The van der Waals surface area contributed by atoms with E-state index in [4.69, 9.17) is 9.26 Å². The summed E-state index contributed by atoms with van der Waals surface area (Å²) >= 11 is 0. The van der Waals surface area contributed by atoms with Crippen molar-refractivity contribution in [2.45, 2.75) is 33.5 Å². The van der Waals surface area contributed by atoms with Gasteiger partial charge < -0.3 is 14.4 Å². The van der Waals surface area contributed by atoms with Gasteiger partial charge in [0.1, 0.15) is 18.1 Å². The molecule has 0 bridgehead atoms. The number of hydrogen-bond donors (Lipinski definition) is 1. The molecule has 1 aromatic heterocycles. The van der Waals surface area contributed by atoms with Gasteiger partial charge in [-0.05, 0) is 26.8 Å². The van der Waals surface area contributed by atoms with Crippen LogP contribution in [0.1, 0.15) is 35.6 Å². The second-order valence-corrected chi connectivity index (χ2v) is 4.31. The van der Waals surface area contributed by atoms with Gasteiger partial charge in [-0.1, -0.05) is 23.4 Å². The molecule has 96 valence electrons. The van der Waals surface area contributed by atoms with Crippen LogP contribution in [0.25, 0.3) is 0 Å². The Labute approximate surface area is 106 Å². The van der Waals surface area contributed by atoms with E-state index in [1.165, 1.54) is 0 Å². The van der Waals surface area contributed by atoms with Crippen LogP contribution in [0.4, 0.5) is 0 Å². The van der Waals surface area contributed by atoms with Crippen LogP contribution >= 0.6 is 0 Å². The Bertz CT molecular complexity index is 512. The lowest BCUT2D eigenvalue weighted by atomic mass is 10.1. The maximum absolute atomic E-state index is 9.66. The maximum Gasteiger partial charge on any atom is 0.140 e. The Hall–Kier alpha value is -1.81. The summed E-state index contributed by atoms with van der Waals surface area (Å²) in [5, 5.41) is 13.5. The molecule has 0 aliphatic rings. The van der Waals surface area contributed by atoms with Crippen LogP contribution < -0.4 is 4.74 Å². The molecule has 4 nitrogen and oxygen atoms in total. The molecule has 2 rings (SSSR count). The van der Waals surface area contributed by atoms with E-state index >= 15 is 0 Å². The van der Waals surface area contributed by atoms with Gasteiger partial charge in [0.2, 0.25) is 0 Å². The highest BCUT2D eigenvalue weighted by molar-refractivity contribution is 5.35. The molecule has 18 heavy (non-hydrogen) atoms. The van der Waals surface area contributed by atoms with E-state index in [9.17, 15) is 5.11 Å². The first-order valence-corrected chi connectivity index (χ1v) is 5.91. The summed E-state index contributed by atoms with van der Waals surface area (Å²) in [6.07, 6.45) is -0.550. The number of benzene rings is 1. The second-order valence-electron chi connectivity index (χ2n) is 4.31. The van der Waals surface area contributed by atoms with Gasteiger partial charge in [-0.3, -0.25) is 0 Å². The molecular formula is C14H17NO3. The third-order valence-corrected chi connectivity index (χ3v) is 2.92. The van der Waals surface area contributed by atoms with Gasteiger partial charge in [-0.2, -0.15) is 0 Å². The van der Waals surface area contributed by atoms with Gasteiger partial charge in [0.05, 0.1) is 17.4 Å². The molecule has 1 unspecified atom stereocenters. The van der Waals surface area contributed by atoms with E-state index in [2.05, 4.69) is 5.16 Å². The third kappa shape index (κ3) is 2.54. The minimum absolute atomic E-state index is 0.394. The average Bonchev–Trinajstić information content (AvgIpc) is 2.67. The molecule has 2 aromatic rings. The van der Waals surface area contributed by atoms with Gasteiger partial charge >= 0.3 is 0 Å². The van der Waals surface area contributed by atoms with Crippen LogP contribution in [0.5, 0.6) is 5.75 Å². The smallest absolute Gasteiger partial charge is 0.140 e. The third-order valence-electron chi connectivity index (χ3n) is 2.92. The summed E-state index contributed by atoms with van der Waals surface area (Å²) in [4.78, 5) is 0. The number of aliphatic hydroxyl groups excluding tert-OH is 1. The Morgan fingerprint density at radius 3 is 2.67 bits per heavy atom. The monoisotopic (exact) mass is 247 g/mol. The molecule has 1 atom stereocenters. The molecular weight excluding hydrogens is 230 g/mol. The molecule has 0 aliphatic carbocycles. The Kier molecular flexibility index (Phi) is 3.67.